The van der Waals surface area contributed by atoms with Crippen LogP contribution in [0.3, 0.4) is 0 Å². The molecule has 10 rings (SSSR count). The maximum absolute atomic E-state index is 3.70. The summed E-state index contributed by atoms with van der Waals surface area (Å²) in [6, 6.07) is 68.2. The molecular weight excluding hydrogens is 785 g/mol. The molecule has 65 heavy (non-hydrogen) atoms. The number of rotatable bonds is 12. The van der Waals surface area contributed by atoms with Crippen LogP contribution in [0.25, 0.3) is 44.5 Å². The Labute approximate surface area is 387 Å². The van der Waals surface area contributed by atoms with Crippen molar-refractivity contribution in [3.8, 4) is 44.5 Å². The lowest BCUT2D eigenvalue weighted by Crippen LogP contribution is -2.27. The quantitative estimate of drug-likeness (QED) is 0.128. The van der Waals surface area contributed by atoms with Gasteiger partial charge in [-0.2, -0.15) is 0 Å². The van der Waals surface area contributed by atoms with Gasteiger partial charge in [0, 0.05) is 28.2 Å². The van der Waals surface area contributed by atoms with Crippen molar-refractivity contribution in [2.75, 3.05) is 10.6 Å². The predicted octanol–water partition coefficient (Wildman–Crippen LogP) is 17.4. The van der Waals surface area contributed by atoms with E-state index in [1.165, 1.54) is 90.7 Å². The second kappa shape index (κ2) is 17.1. The monoisotopic (exact) mass is 846 g/mol. The normalized spacial score (nSPS) is 15.1. The third-order valence-electron chi connectivity index (χ3n) is 14.4. The Hall–Kier alpha value is -6.64. The van der Waals surface area contributed by atoms with Gasteiger partial charge < -0.3 is 10.6 Å². The van der Waals surface area contributed by atoms with Crippen molar-refractivity contribution in [2.45, 2.75) is 96.3 Å². The molecule has 2 aliphatic carbocycles. The number of anilines is 4. The molecule has 8 aromatic carbocycles. The summed E-state index contributed by atoms with van der Waals surface area (Å²) in [6.07, 6.45) is 6.78. The lowest BCUT2D eigenvalue weighted by atomic mass is 9.72. The van der Waals surface area contributed by atoms with Gasteiger partial charge in [-0.05, 0) is 175 Å². The highest BCUT2D eigenvalue weighted by molar-refractivity contribution is 5.78. The largest absolute Gasteiger partial charge is 0.356 e. The van der Waals surface area contributed by atoms with Gasteiger partial charge in [-0.25, -0.2) is 0 Å². The molecule has 0 heterocycles. The molecule has 0 fully saturated rings. The summed E-state index contributed by atoms with van der Waals surface area (Å²) in [5.74, 6) is 0. The molecule has 0 unspecified atom stereocenters. The van der Waals surface area contributed by atoms with Gasteiger partial charge in [0.05, 0.1) is 0 Å². The SMILES string of the molecule is CCCc1ccc(-c2ccc(Nc3cccc(-c4ccc5c(c4)C4(CC5(C)C)CC(C)(C)c5ccc(-c6cccc(Nc7ccc(-c8ccc(CCC)cc8)cc7)c6)cc54)c3)cc2)cc1. The van der Waals surface area contributed by atoms with Crippen molar-refractivity contribution < 1.29 is 0 Å². The van der Waals surface area contributed by atoms with Crippen LogP contribution in [-0.4, -0.2) is 0 Å². The molecule has 0 radical (unpaired) electrons. The summed E-state index contributed by atoms with van der Waals surface area (Å²) >= 11 is 0. The number of hydrogen-bond acceptors (Lipinski definition) is 2. The van der Waals surface area contributed by atoms with E-state index in [1.807, 2.05) is 0 Å². The number of benzene rings is 8. The fourth-order valence-electron chi connectivity index (χ4n) is 11.4. The van der Waals surface area contributed by atoms with E-state index in [2.05, 4.69) is 234 Å². The van der Waals surface area contributed by atoms with E-state index in [9.17, 15) is 0 Å². The molecule has 1 spiro atoms. The summed E-state index contributed by atoms with van der Waals surface area (Å²) in [4.78, 5) is 0. The number of fused-ring (bicyclic) bond motifs is 4. The second-order valence-corrected chi connectivity index (χ2v) is 20.2. The van der Waals surface area contributed by atoms with Crippen LogP contribution in [-0.2, 0) is 29.1 Å². The fourth-order valence-corrected chi connectivity index (χ4v) is 11.4. The first kappa shape index (κ1) is 42.3. The minimum absolute atomic E-state index is 0.0482. The Morgan fingerprint density at radius 2 is 0.677 bits per heavy atom. The fraction of sp³-hybridized carbons (Fsp3) is 0.238. The molecule has 0 saturated carbocycles. The van der Waals surface area contributed by atoms with Crippen molar-refractivity contribution in [3.05, 3.63) is 215 Å². The average Bonchev–Trinajstić information content (AvgIpc) is 3.69. The summed E-state index contributed by atoms with van der Waals surface area (Å²) in [7, 11) is 0. The average molecular weight is 847 g/mol. The lowest BCUT2D eigenvalue weighted by Gasteiger charge is -2.31. The van der Waals surface area contributed by atoms with E-state index in [0.29, 0.717) is 0 Å². The van der Waals surface area contributed by atoms with E-state index in [-0.39, 0.29) is 16.2 Å². The highest BCUT2D eigenvalue weighted by Crippen LogP contribution is 2.63. The van der Waals surface area contributed by atoms with Gasteiger partial charge in [0.1, 0.15) is 0 Å². The molecule has 0 saturated heterocycles. The molecule has 0 amide bonds. The molecule has 0 aromatic heterocycles. The molecule has 0 bridgehead atoms. The van der Waals surface area contributed by atoms with Crippen LogP contribution in [0.5, 0.6) is 0 Å². The minimum atomic E-state index is -0.0778. The third kappa shape index (κ3) is 8.32. The molecule has 8 aromatic rings. The highest BCUT2D eigenvalue weighted by Gasteiger charge is 2.56. The zero-order valence-corrected chi connectivity index (χ0v) is 39.1. The molecule has 2 N–H and O–H groups in total. The number of nitrogens with one attached hydrogen (secondary N) is 2. The number of aryl methyl sites for hydroxylation is 2. The van der Waals surface area contributed by atoms with Crippen molar-refractivity contribution >= 4 is 22.7 Å². The molecule has 2 heteroatoms. The zero-order valence-electron chi connectivity index (χ0n) is 39.1. The van der Waals surface area contributed by atoms with E-state index in [4.69, 9.17) is 0 Å². The molecule has 324 valence electrons. The maximum atomic E-state index is 3.70. The Kier molecular flexibility index (Phi) is 11.1. The van der Waals surface area contributed by atoms with Crippen LogP contribution in [0.15, 0.2) is 182 Å². The van der Waals surface area contributed by atoms with E-state index in [0.717, 1.165) is 48.4 Å². The Bertz CT molecular complexity index is 2760. The molecular formula is C63H62N2. The first-order chi connectivity index (χ1) is 31.5. The van der Waals surface area contributed by atoms with Gasteiger partial charge in [-0.3, -0.25) is 0 Å². The minimum Gasteiger partial charge on any atom is -0.356 e. The topological polar surface area (TPSA) is 24.1 Å². The van der Waals surface area contributed by atoms with Crippen LogP contribution < -0.4 is 10.6 Å². The summed E-state index contributed by atoms with van der Waals surface area (Å²) in [5, 5.41) is 7.41. The van der Waals surface area contributed by atoms with Gasteiger partial charge in [-0.1, -0.05) is 176 Å². The van der Waals surface area contributed by atoms with Gasteiger partial charge in [0.2, 0.25) is 0 Å². The van der Waals surface area contributed by atoms with E-state index < -0.39 is 0 Å². The van der Waals surface area contributed by atoms with Gasteiger partial charge >= 0.3 is 0 Å². The van der Waals surface area contributed by atoms with E-state index in [1.54, 1.807) is 0 Å². The van der Waals surface area contributed by atoms with Gasteiger partial charge in [-0.15, -0.1) is 0 Å². The summed E-state index contributed by atoms with van der Waals surface area (Å²) in [6.45, 7) is 14.3. The van der Waals surface area contributed by atoms with Crippen molar-refractivity contribution in [3.63, 3.8) is 0 Å². The Balaban J connectivity index is 0.915. The summed E-state index contributed by atoms with van der Waals surface area (Å²) < 4.78 is 0. The molecule has 2 nitrogen and oxygen atoms in total. The Morgan fingerprint density at radius 3 is 1.05 bits per heavy atom. The Morgan fingerprint density at radius 1 is 0.338 bits per heavy atom. The van der Waals surface area contributed by atoms with E-state index >= 15 is 0 Å². The van der Waals surface area contributed by atoms with Crippen LogP contribution in [0.2, 0.25) is 0 Å². The third-order valence-corrected chi connectivity index (χ3v) is 14.4. The van der Waals surface area contributed by atoms with Crippen LogP contribution in [0, 0.1) is 0 Å². The molecule has 0 atom stereocenters. The zero-order chi connectivity index (χ0) is 44.8. The van der Waals surface area contributed by atoms with Crippen LogP contribution in [0.1, 0.15) is 101 Å². The lowest BCUT2D eigenvalue weighted by molar-refractivity contribution is 0.350. The molecule has 0 aliphatic heterocycles. The second-order valence-electron chi connectivity index (χ2n) is 20.2. The highest BCUT2D eigenvalue weighted by atomic mass is 14.9. The summed E-state index contributed by atoms with van der Waals surface area (Å²) in [5.41, 5.74) is 23.1. The first-order valence-electron chi connectivity index (χ1n) is 23.9. The predicted molar refractivity (Wildman–Crippen MR) is 278 cm³/mol. The van der Waals surface area contributed by atoms with Crippen molar-refractivity contribution in [2.24, 2.45) is 0 Å². The van der Waals surface area contributed by atoms with Crippen molar-refractivity contribution in [1.29, 1.82) is 0 Å². The van der Waals surface area contributed by atoms with Crippen LogP contribution >= 0.6 is 0 Å². The van der Waals surface area contributed by atoms with Crippen molar-refractivity contribution in [1.82, 2.24) is 0 Å². The number of hydrogen-bond donors (Lipinski definition) is 2. The smallest absolute Gasteiger partial charge is 0.0390 e. The first-order valence-corrected chi connectivity index (χ1v) is 23.9. The van der Waals surface area contributed by atoms with Gasteiger partial charge in [0.15, 0.2) is 0 Å². The maximum Gasteiger partial charge on any atom is 0.0390 e. The van der Waals surface area contributed by atoms with Gasteiger partial charge in [0.25, 0.3) is 0 Å². The molecule has 2 aliphatic rings. The van der Waals surface area contributed by atoms with Crippen LogP contribution in [0.4, 0.5) is 22.7 Å². The standard InChI is InChI=1S/C63H62N2/c1-7-11-43-17-21-45(22-18-43)47-25-31-53(32-26-47)64-55-15-9-13-49(37-55)51-29-35-57-59(39-51)63(41-61(57,3)4)42-62(5,6)58-36-30-52(40-60(58)63)50-14-10-16-56(38-50)65-54-33-27-48(28-34-54)46-23-19-44(12-8-2)20-24-46/h9-10,13-40,64-65H,7-8,11-12,41-42H2,1-6H3.